The number of amides is 1. The van der Waals surface area contributed by atoms with E-state index in [0.717, 1.165) is 19.5 Å². The highest BCUT2D eigenvalue weighted by Gasteiger charge is 2.34. The zero-order valence-corrected chi connectivity index (χ0v) is 12.3. The van der Waals surface area contributed by atoms with Crippen LogP contribution in [0.1, 0.15) is 56.6 Å². The summed E-state index contributed by atoms with van der Waals surface area (Å²) in [5, 5.41) is 10.6. The van der Waals surface area contributed by atoms with Crippen molar-refractivity contribution in [2.24, 2.45) is 5.92 Å². The standard InChI is InChI=1S/C14H23N5O/c1-14(2,10-6-3-4-7-10)17-12(20)11-16-13-15-8-5-9-19(13)18-11/h10H,3-9H2,1-2H3,(H,17,20)(H,15,16,18). The Morgan fingerprint density at radius 2 is 2.10 bits per heavy atom. The largest absolute Gasteiger partial charge is 0.354 e. The summed E-state index contributed by atoms with van der Waals surface area (Å²) < 4.78 is 1.78. The molecule has 1 aromatic rings. The number of carbonyl (C=O) groups excluding carboxylic acids is 1. The fourth-order valence-corrected chi connectivity index (χ4v) is 3.25. The van der Waals surface area contributed by atoms with Crippen LogP contribution in [-0.4, -0.2) is 32.8 Å². The van der Waals surface area contributed by atoms with Crippen LogP contribution in [0.15, 0.2) is 0 Å². The Kier molecular flexibility index (Phi) is 3.40. The van der Waals surface area contributed by atoms with Crippen LogP contribution >= 0.6 is 0 Å². The number of rotatable bonds is 3. The normalized spacial score (nSPS) is 19.5. The minimum atomic E-state index is -0.188. The summed E-state index contributed by atoms with van der Waals surface area (Å²) >= 11 is 0. The van der Waals surface area contributed by atoms with Crippen molar-refractivity contribution >= 4 is 11.9 Å². The van der Waals surface area contributed by atoms with Gasteiger partial charge < -0.3 is 10.6 Å². The van der Waals surface area contributed by atoms with Gasteiger partial charge >= 0.3 is 0 Å². The molecule has 20 heavy (non-hydrogen) atoms. The molecular weight excluding hydrogens is 254 g/mol. The van der Waals surface area contributed by atoms with Gasteiger partial charge in [-0.25, -0.2) is 4.68 Å². The molecule has 0 bridgehead atoms. The Bertz CT molecular complexity index is 478. The molecule has 0 radical (unpaired) electrons. The highest BCUT2D eigenvalue weighted by Crippen LogP contribution is 2.33. The van der Waals surface area contributed by atoms with Crippen LogP contribution in [0.3, 0.4) is 0 Å². The monoisotopic (exact) mass is 277 g/mol. The molecule has 0 spiro atoms. The second-order valence-electron chi connectivity index (χ2n) is 6.42. The number of aromatic nitrogens is 3. The molecule has 0 unspecified atom stereocenters. The maximum atomic E-state index is 12.4. The zero-order valence-electron chi connectivity index (χ0n) is 12.3. The van der Waals surface area contributed by atoms with Crippen molar-refractivity contribution in [2.75, 3.05) is 11.9 Å². The van der Waals surface area contributed by atoms with E-state index in [4.69, 9.17) is 0 Å². The molecule has 2 N–H and O–H groups in total. The Labute approximate surface area is 119 Å². The minimum Gasteiger partial charge on any atom is -0.354 e. The average molecular weight is 277 g/mol. The molecule has 1 aliphatic heterocycles. The first-order valence-corrected chi connectivity index (χ1v) is 7.57. The summed E-state index contributed by atoms with van der Waals surface area (Å²) in [6.07, 6.45) is 5.95. The minimum absolute atomic E-state index is 0.161. The van der Waals surface area contributed by atoms with Gasteiger partial charge in [0, 0.05) is 18.6 Å². The van der Waals surface area contributed by atoms with Crippen molar-refractivity contribution in [1.29, 1.82) is 0 Å². The zero-order chi connectivity index (χ0) is 14.2. The molecule has 6 nitrogen and oxygen atoms in total. The third-order valence-corrected chi connectivity index (χ3v) is 4.52. The summed E-state index contributed by atoms with van der Waals surface area (Å²) in [5.41, 5.74) is -0.188. The second kappa shape index (κ2) is 5.07. The van der Waals surface area contributed by atoms with Crippen LogP contribution in [0, 0.1) is 5.92 Å². The van der Waals surface area contributed by atoms with Crippen molar-refractivity contribution in [1.82, 2.24) is 20.1 Å². The van der Waals surface area contributed by atoms with E-state index in [1.807, 2.05) is 0 Å². The number of fused-ring (bicyclic) bond motifs is 1. The SMILES string of the molecule is CC(C)(NC(=O)c1nc2n(n1)CCCN2)C1CCCC1. The van der Waals surface area contributed by atoms with Crippen molar-refractivity contribution in [2.45, 2.75) is 58.0 Å². The van der Waals surface area contributed by atoms with Gasteiger partial charge in [0.2, 0.25) is 11.8 Å². The van der Waals surface area contributed by atoms with E-state index in [1.54, 1.807) is 4.68 Å². The molecule has 1 aliphatic carbocycles. The number of hydrogen-bond acceptors (Lipinski definition) is 4. The molecule has 1 fully saturated rings. The maximum absolute atomic E-state index is 12.4. The summed E-state index contributed by atoms with van der Waals surface area (Å²) in [6, 6.07) is 0. The molecule has 0 saturated heterocycles. The molecule has 1 amide bonds. The van der Waals surface area contributed by atoms with Gasteiger partial charge in [-0.1, -0.05) is 12.8 Å². The van der Waals surface area contributed by atoms with Crippen molar-refractivity contribution < 1.29 is 4.79 Å². The van der Waals surface area contributed by atoms with Gasteiger partial charge in [0.1, 0.15) is 0 Å². The molecule has 2 heterocycles. The molecule has 1 saturated carbocycles. The van der Waals surface area contributed by atoms with Gasteiger partial charge in [-0.15, -0.1) is 5.10 Å². The third kappa shape index (κ3) is 2.51. The first kappa shape index (κ1) is 13.4. The molecular formula is C14H23N5O. The molecule has 0 aromatic carbocycles. The van der Waals surface area contributed by atoms with E-state index < -0.39 is 0 Å². The summed E-state index contributed by atoms with van der Waals surface area (Å²) in [7, 11) is 0. The van der Waals surface area contributed by atoms with E-state index in [-0.39, 0.29) is 17.3 Å². The predicted octanol–water partition coefficient (Wildman–Crippen LogP) is 1.79. The topological polar surface area (TPSA) is 71.8 Å². The fraction of sp³-hybridized carbons (Fsp3) is 0.786. The highest BCUT2D eigenvalue weighted by atomic mass is 16.2. The van der Waals surface area contributed by atoms with Crippen LogP contribution < -0.4 is 10.6 Å². The van der Waals surface area contributed by atoms with Crippen molar-refractivity contribution in [3.8, 4) is 0 Å². The molecule has 3 rings (SSSR count). The lowest BCUT2D eigenvalue weighted by atomic mass is 9.86. The van der Waals surface area contributed by atoms with Gasteiger partial charge in [-0.2, -0.15) is 4.98 Å². The fourth-order valence-electron chi connectivity index (χ4n) is 3.25. The smallest absolute Gasteiger partial charge is 0.291 e. The second-order valence-corrected chi connectivity index (χ2v) is 6.42. The summed E-state index contributed by atoms with van der Waals surface area (Å²) in [6.45, 7) is 5.94. The average Bonchev–Trinajstić information content (AvgIpc) is 3.07. The number of aryl methyl sites for hydroxylation is 1. The lowest BCUT2D eigenvalue weighted by molar-refractivity contribution is 0.0870. The summed E-state index contributed by atoms with van der Waals surface area (Å²) in [5.74, 6) is 1.38. The van der Waals surface area contributed by atoms with Crippen LogP contribution in [0.4, 0.5) is 5.95 Å². The Balaban J connectivity index is 1.70. The highest BCUT2D eigenvalue weighted by molar-refractivity contribution is 5.91. The number of hydrogen-bond donors (Lipinski definition) is 2. The first-order valence-electron chi connectivity index (χ1n) is 7.57. The first-order chi connectivity index (χ1) is 9.56. The molecule has 1 aromatic heterocycles. The van der Waals surface area contributed by atoms with Gasteiger partial charge in [0.25, 0.3) is 5.91 Å². The third-order valence-electron chi connectivity index (χ3n) is 4.52. The number of nitrogens with zero attached hydrogens (tertiary/aromatic N) is 3. The van der Waals surface area contributed by atoms with Crippen LogP contribution in [-0.2, 0) is 6.54 Å². The lowest BCUT2D eigenvalue weighted by Crippen LogP contribution is -2.48. The van der Waals surface area contributed by atoms with Crippen LogP contribution in [0.5, 0.6) is 0 Å². The van der Waals surface area contributed by atoms with E-state index in [0.29, 0.717) is 11.9 Å². The molecule has 110 valence electrons. The van der Waals surface area contributed by atoms with E-state index in [9.17, 15) is 4.79 Å². The van der Waals surface area contributed by atoms with Gasteiger partial charge in [-0.05, 0) is 39.0 Å². The van der Waals surface area contributed by atoms with Crippen molar-refractivity contribution in [3.63, 3.8) is 0 Å². The van der Waals surface area contributed by atoms with E-state index in [1.165, 1.54) is 25.7 Å². The van der Waals surface area contributed by atoms with Gasteiger partial charge in [0.05, 0.1) is 0 Å². The van der Waals surface area contributed by atoms with Crippen LogP contribution in [0.25, 0.3) is 0 Å². The molecule has 2 aliphatic rings. The number of nitrogens with one attached hydrogen (secondary N) is 2. The van der Waals surface area contributed by atoms with Crippen molar-refractivity contribution in [3.05, 3.63) is 5.82 Å². The maximum Gasteiger partial charge on any atom is 0.291 e. The Morgan fingerprint density at radius 3 is 2.80 bits per heavy atom. The number of carbonyl (C=O) groups is 1. The predicted molar refractivity (Wildman–Crippen MR) is 76.6 cm³/mol. The van der Waals surface area contributed by atoms with E-state index in [2.05, 4.69) is 34.6 Å². The van der Waals surface area contributed by atoms with Gasteiger partial charge in [0.15, 0.2) is 0 Å². The Hall–Kier alpha value is -1.59. The number of anilines is 1. The van der Waals surface area contributed by atoms with E-state index >= 15 is 0 Å². The summed E-state index contributed by atoms with van der Waals surface area (Å²) in [4.78, 5) is 16.6. The Morgan fingerprint density at radius 1 is 1.35 bits per heavy atom. The lowest BCUT2D eigenvalue weighted by Gasteiger charge is -2.32. The van der Waals surface area contributed by atoms with Crippen LogP contribution in [0.2, 0.25) is 0 Å². The molecule has 6 heteroatoms. The quantitative estimate of drug-likeness (QED) is 0.883. The van der Waals surface area contributed by atoms with Gasteiger partial charge in [-0.3, -0.25) is 4.79 Å². The molecule has 0 atom stereocenters.